The van der Waals surface area contributed by atoms with Crippen LogP contribution in [0, 0.1) is 0 Å². The van der Waals surface area contributed by atoms with Gasteiger partial charge in [0.2, 0.25) is 0 Å². The third-order valence-electron chi connectivity index (χ3n) is 6.33. The molecule has 0 atom stereocenters. The molecule has 0 unspecified atom stereocenters. The first-order valence-corrected chi connectivity index (χ1v) is 14.3. The fraction of sp³-hybridized carbons (Fsp3) is 0.0323. The number of thiophene rings is 2. The Hall–Kier alpha value is -3.84. The molecule has 0 amide bonds. The molecule has 0 saturated carbocycles. The quantitative estimate of drug-likeness (QED) is 0.204. The molecule has 0 radical (unpaired) electrons. The summed E-state index contributed by atoms with van der Waals surface area (Å²) in [5.41, 5.74) is 8.84. The van der Waals surface area contributed by atoms with E-state index in [1.165, 1.54) is 31.9 Å². The van der Waals surface area contributed by atoms with Gasteiger partial charge in [-0.25, -0.2) is 0 Å². The fourth-order valence-electron chi connectivity index (χ4n) is 4.25. The highest BCUT2D eigenvalue weighted by atomic mass is 32.1. The molecule has 0 bridgehead atoms. The number of hydrogen-bond acceptors (Lipinski definition) is 6. The summed E-state index contributed by atoms with van der Waals surface area (Å²) >= 11 is 4.78. The first-order chi connectivity index (χ1) is 18.2. The average molecular weight is 534 g/mol. The van der Waals surface area contributed by atoms with E-state index in [2.05, 4.69) is 130 Å². The number of hydrogen-bond donors (Lipinski definition) is 0. The van der Waals surface area contributed by atoms with Crippen molar-refractivity contribution in [3.05, 3.63) is 113 Å². The topological polar surface area (TPSA) is 29.0 Å². The Morgan fingerprint density at radius 1 is 0.703 bits per heavy atom. The number of fused-ring (bicyclic) bond motifs is 1. The molecule has 3 nitrogen and oxygen atoms in total. The molecule has 3 heterocycles. The van der Waals surface area contributed by atoms with Crippen LogP contribution < -0.4 is 4.90 Å². The van der Waals surface area contributed by atoms with Gasteiger partial charge in [-0.2, -0.15) is 8.75 Å². The number of nitrogens with zero attached hydrogens (tertiary/aromatic N) is 3. The van der Waals surface area contributed by atoms with E-state index in [9.17, 15) is 0 Å². The van der Waals surface area contributed by atoms with Gasteiger partial charge in [-0.3, -0.25) is 0 Å². The van der Waals surface area contributed by atoms with E-state index in [-0.39, 0.29) is 0 Å². The monoisotopic (exact) mass is 533 g/mol. The molecule has 37 heavy (non-hydrogen) atoms. The molecule has 0 aliphatic carbocycles. The highest BCUT2D eigenvalue weighted by Gasteiger charge is 2.15. The SMILES string of the molecule is C=Cc1ccc(N(C)c2ccc(/C=C/c3ccc(-c4ccc(-c5cccs5)c5nsnc45)s3)cc2)cc1. The minimum atomic E-state index is 0.979. The summed E-state index contributed by atoms with van der Waals surface area (Å²) < 4.78 is 9.25. The van der Waals surface area contributed by atoms with E-state index < -0.39 is 0 Å². The van der Waals surface area contributed by atoms with Crippen LogP contribution in [0.3, 0.4) is 0 Å². The summed E-state index contributed by atoms with van der Waals surface area (Å²) in [5.74, 6) is 0. The summed E-state index contributed by atoms with van der Waals surface area (Å²) in [5, 5.41) is 2.10. The second-order valence-electron chi connectivity index (χ2n) is 8.58. The number of anilines is 2. The van der Waals surface area contributed by atoms with E-state index in [0.29, 0.717) is 0 Å². The van der Waals surface area contributed by atoms with Crippen molar-refractivity contribution >= 4 is 75.0 Å². The van der Waals surface area contributed by atoms with Crippen molar-refractivity contribution in [3.63, 3.8) is 0 Å². The van der Waals surface area contributed by atoms with Gasteiger partial charge in [0.15, 0.2) is 0 Å². The predicted molar refractivity (Wildman–Crippen MR) is 164 cm³/mol. The van der Waals surface area contributed by atoms with Crippen molar-refractivity contribution < 1.29 is 0 Å². The van der Waals surface area contributed by atoms with Crippen LogP contribution >= 0.6 is 34.4 Å². The van der Waals surface area contributed by atoms with Gasteiger partial charge in [-0.1, -0.05) is 61.2 Å². The number of benzene rings is 3. The van der Waals surface area contributed by atoms with Crippen LogP contribution in [0.2, 0.25) is 0 Å². The van der Waals surface area contributed by atoms with Crippen molar-refractivity contribution in [1.82, 2.24) is 8.75 Å². The Labute approximate surface area is 228 Å². The number of aromatic nitrogens is 2. The lowest BCUT2D eigenvalue weighted by atomic mass is 10.1. The van der Waals surface area contributed by atoms with Crippen LogP contribution in [-0.2, 0) is 0 Å². The highest BCUT2D eigenvalue weighted by Crippen LogP contribution is 2.38. The second kappa shape index (κ2) is 10.3. The van der Waals surface area contributed by atoms with Gasteiger partial charge in [-0.15, -0.1) is 22.7 Å². The van der Waals surface area contributed by atoms with Gasteiger partial charge in [-0.05, 0) is 65.0 Å². The van der Waals surface area contributed by atoms with Gasteiger partial charge in [0.25, 0.3) is 0 Å². The van der Waals surface area contributed by atoms with Crippen molar-refractivity contribution in [2.75, 3.05) is 11.9 Å². The van der Waals surface area contributed by atoms with Gasteiger partial charge < -0.3 is 4.90 Å². The van der Waals surface area contributed by atoms with E-state index in [0.717, 1.165) is 39.1 Å². The van der Waals surface area contributed by atoms with Crippen LogP contribution in [0.4, 0.5) is 11.4 Å². The minimum absolute atomic E-state index is 0.979. The predicted octanol–water partition coefficient (Wildman–Crippen LogP) is 9.73. The van der Waals surface area contributed by atoms with Gasteiger partial charge in [0, 0.05) is 44.2 Å². The second-order valence-corrected chi connectivity index (χ2v) is 11.2. The summed E-state index contributed by atoms with van der Waals surface area (Å²) in [4.78, 5) is 5.82. The summed E-state index contributed by atoms with van der Waals surface area (Å²) in [6.07, 6.45) is 6.20. The summed E-state index contributed by atoms with van der Waals surface area (Å²) in [7, 11) is 2.09. The van der Waals surface area contributed by atoms with E-state index in [1.807, 2.05) is 6.08 Å². The van der Waals surface area contributed by atoms with Crippen LogP contribution in [0.25, 0.3) is 50.1 Å². The molecule has 3 aromatic heterocycles. The Morgan fingerprint density at radius 2 is 1.35 bits per heavy atom. The van der Waals surface area contributed by atoms with Crippen molar-refractivity contribution in [3.8, 4) is 20.9 Å². The van der Waals surface area contributed by atoms with E-state index in [4.69, 9.17) is 0 Å². The lowest BCUT2D eigenvalue weighted by Gasteiger charge is -2.19. The van der Waals surface area contributed by atoms with Crippen molar-refractivity contribution in [2.24, 2.45) is 0 Å². The van der Waals surface area contributed by atoms with Crippen LogP contribution in [0.15, 0.2) is 96.9 Å². The lowest BCUT2D eigenvalue weighted by Crippen LogP contribution is -2.08. The normalized spacial score (nSPS) is 11.4. The van der Waals surface area contributed by atoms with Crippen molar-refractivity contribution in [2.45, 2.75) is 0 Å². The maximum atomic E-state index is 4.64. The molecular weight excluding hydrogens is 511 g/mol. The standard InChI is InChI=1S/C31H23N3S3/c1-3-21-6-11-23(12-7-21)34(2)24-13-8-22(9-14-24)10-15-25-16-19-29(36-25)27-18-17-26(28-5-4-20-35-28)30-31(27)33-37-32-30/h3-20H,1H2,2H3/b15-10+. The molecule has 6 heteroatoms. The zero-order valence-electron chi connectivity index (χ0n) is 20.2. The summed E-state index contributed by atoms with van der Waals surface area (Å²) in [6, 6.07) is 29.9. The summed E-state index contributed by atoms with van der Waals surface area (Å²) in [6.45, 7) is 3.83. The maximum Gasteiger partial charge on any atom is 0.114 e. The molecule has 3 aromatic carbocycles. The molecule has 0 spiro atoms. The molecule has 6 aromatic rings. The highest BCUT2D eigenvalue weighted by molar-refractivity contribution is 7.16. The van der Waals surface area contributed by atoms with Crippen LogP contribution in [-0.4, -0.2) is 15.8 Å². The molecule has 0 fully saturated rings. The number of rotatable bonds is 7. The minimum Gasteiger partial charge on any atom is -0.345 e. The van der Waals surface area contributed by atoms with Crippen LogP contribution in [0.1, 0.15) is 16.0 Å². The molecule has 0 saturated heterocycles. The van der Waals surface area contributed by atoms with Gasteiger partial charge in [0.05, 0.1) is 11.7 Å². The average Bonchev–Trinajstić information content (AvgIpc) is 3.73. The third kappa shape index (κ3) is 4.79. The molecule has 6 rings (SSSR count). The molecule has 180 valence electrons. The van der Waals surface area contributed by atoms with Gasteiger partial charge >= 0.3 is 0 Å². The molecule has 0 aliphatic heterocycles. The lowest BCUT2D eigenvalue weighted by molar-refractivity contribution is 1.21. The van der Waals surface area contributed by atoms with E-state index >= 15 is 0 Å². The Kier molecular flexibility index (Phi) is 6.53. The smallest absolute Gasteiger partial charge is 0.114 e. The Morgan fingerprint density at radius 3 is 1.97 bits per heavy atom. The zero-order chi connectivity index (χ0) is 25.2. The Balaban J connectivity index is 1.20. The third-order valence-corrected chi connectivity index (χ3v) is 8.85. The van der Waals surface area contributed by atoms with Crippen molar-refractivity contribution in [1.29, 1.82) is 0 Å². The van der Waals surface area contributed by atoms with Crippen LogP contribution in [0.5, 0.6) is 0 Å². The Bertz CT molecular complexity index is 1690. The maximum absolute atomic E-state index is 4.64. The fourth-order valence-corrected chi connectivity index (χ4v) is 6.52. The van der Waals surface area contributed by atoms with E-state index in [1.54, 1.807) is 22.7 Å². The van der Waals surface area contributed by atoms with Gasteiger partial charge in [0.1, 0.15) is 11.0 Å². The first kappa shape index (κ1) is 23.6. The molecular formula is C31H23N3S3. The largest absolute Gasteiger partial charge is 0.345 e. The molecule has 0 N–H and O–H groups in total. The zero-order valence-corrected chi connectivity index (χ0v) is 22.6. The first-order valence-electron chi connectivity index (χ1n) is 11.8. The molecule has 0 aliphatic rings.